The Bertz CT molecular complexity index is 1170. The van der Waals surface area contributed by atoms with Crippen molar-refractivity contribution in [3.8, 4) is 11.5 Å². The summed E-state index contributed by atoms with van der Waals surface area (Å²) in [6.45, 7) is 1.94. The van der Waals surface area contributed by atoms with E-state index >= 15 is 0 Å². The molecule has 162 valence electrons. The van der Waals surface area contributed by atoms with Crippen LogP contribution in [0.3, 0.4) is 0 Å². The summed E-state index contributed by atoms with van der Waals surface area (Å²) in [7, 11) is 1.42. The highest BCUT2D eigenvalue weighted by molar-refractivity contribution is 5.74. The lowest BCUT2D eigenvalue weighted by Gasteiger charge is -2.16. The van der Waals surface area contributed by atoms with Crippen molar-refractivity contribution >= 4 is 12.0 Å². The van der Waals surface area contributed by atoms with Gasteiger partial charge in [0.1, 0.15) is 11.8 Å². The third kappa shape index (κ3) is 5.06. The van der Waals surface area contributed by atoms with Crippen LogP contribution in [0.5, 0.6) is 0 Å². The van der Waals surface area contributed by atoms with Gasteiger partial charge >= 0.3 is 5.97 Å². The van der Waals surface area contributed by atoms with Gasteiger partial charge in [-0.15, -0.1) is 0 Å². The molecule has 0 saturated heterocycles. The number of hydrogen-bond donors (Lipinski definition) is 0. The maximum Gasteiger partial charge on any atom is 0.329 e. The van der Waals surface area contributed by atoms with Crippen LogP contribution >= 0.6 is 0 Å². The van der Waals surface area contributed by atoms with Crippen molar-refractivity contribution in [3.63, 3.8) is 0 Å². The van der Waals surface area contributed by atoms with E-state index in [0.29, 0.717) is 18.7 Å². The Morgan fingerprint density at radius 3 is 2.47 bits per heavy atom. The topological polar surface area (TPSA) is 57.3 Å². The van der Waals surface area contributed by atoms with Crippen LogP contribution in [0.2, 0.25) is 0 Å². The smallest absolute Gasteiger partial charge is 0.329 e. The van der Waals surface area contributed by atoms with Crippen molar-refractivity contribution in [2.24, 2.45) is 0 Å². The zero-order valence-electron chi connectivity index (χ0n) is 18.3. The standard InChI is InChI=1S/C27H26N2O3/c1-20-24(28-26(32-20)23-10-4-3-5-11-23)12-8-9-21-13-15-22(16-14-21)19-25(27(30)31-2)29-17-6-7-18-29/h3-11,13-18,25H,12,19H2,1-2H3/t25-/m0/s1. The van der Waals surface area contributed by atoms with Gasteiger partial charge in [0.2, 0.25) is 5.89 Å². The first-order valence-electron chi connectivity index (χ1n) is 10.6. The second-order valence-electron chi connectivity index (χ2n) is 7.61. The summed E-state index contributed by atoms with van der Waals surface area (Å²) in [6, 6.07) is 21.6. The number of methoxy groups -OCH3 is 1. The number of allylic oxidation sites excluding steroid dienone is 1. The number of carbonyl (C=O) groups is 1. The summed E-state index contributed by atoms with van der Waals surface area (Å²) in [5.41, 5.74) is 4.08. The van der Waals surface area contributed by atoms with Crippen LogP contribution in [0.4, 0.5) is 0 Å². The zero-order chi connectivity index (χ0) is 22.3. The molecule has 5 nitrogen and oxygen atoms in total. The first-order chi connectivity index (χ1) is 15.6. The lowest BCUT2D eigenvalue weighted by Crippen LogP contribution is -2.22. The Balaban J connectivity index is 1.40. The highest BCUT2D eigenvalue weighted by Crippen LogP contribution is 2.22. The molecule has 0 spiro atoms. The Kier molecular flexibility index (Phi) is 6.66. The molecule has 0 radical (unpaired) electrons. The molecule has 0 fully saturated rings. The molecule has 0 unspecified atom stereocenters. The fraction of sp³-hybridized carbons (Fsp3) is 0.185. The van der Waals surface area contributed by atoms with Crippen LogP contribution in [0, 0.1) is 6.92 Å². The van der Waals surface area contributed by atoms with Gasteiger partial charge < -0.3 is 13.7 Å². The Morgan fingerprint density at radius 1 is 1.06 bits per heavy atom. The van der Waals surface area contributed by atoms with E-state index in [-0.39, 0.29) is 12.0 Å². The Hall–Kier alpha value is -3.86. The quantitative estimate of drug-likeness (QED) is 0.341. The molecule has 0 amide bonds. The fourth-order valence-electron chi connectivity index (χ4n) is 3.62. The van der Waals surface area contributed by atoms with E-state index < -0.39 is 0 Å². The van der Waals surface area contributed by atoms with Gasteiger partial charge in [-0.25, -0.2) is 9.78 Å². The van der Waals surface area contributed by atoms with Crippen LogP contribution < -0.4 is 0 Å². The van der Waals surface area contributed by atoms with Gasteiger partial charge in [-0.1, -0.05) is 54.6 Å². The van der Waals surface area contributed by atoms with Gasteiger partial charge in [0.15, 0.2) is 0 Å². The number of benzene rings is 2. The van der Waals surface area contributed by atoms with Crippen molar-refractivity contribution in [3.05, 3.63) is 108 Å². The summed E-state index contributed by atoms with van der Waals surface area (Å²) in [5, 5.41) is 0. The minimum absolute atomic E-state index is 0.247. The molecular formula is C27H26N2O3. The highest BCUT2D eigenvalue weighted by Gasteiger charge is 2.20. The number of hydrogen-bond acceptors (Lipinski definition) is 4. The van der Waals surface area contributed by atoms with Crippen molar-refractivity contribution < 1.29 is 13.9 Å². The minimum Gasteiger partial charge on any atom is -0.467 e. The molecule has 4 aromatic rings. The number of aryl methyl sites for hydroxylation is 1. The van der Waals surface area contributed by atoms with Gasteiger partial charge in [0.05, 0.1) is 12.8 Å². The van der Waals surface area contributed by atoms with E-state index in [1.54, 1.807) is 0 Å². The molecule has 0 N–H and O–H groups in total. The van der Waals surface area contributed by atoms with Gasteiger partial charge in [-0.2, -0.15) is 0 Å². The van der Waals surface area contributed by atoms with Gasteiger partial charge in [-0.3, -0.25) is 0 Å². The van der Waals surface area contributed by atoms with Gasteiger partial charge in [0.25, 0.3) is 0 Å². The number of oxazole rings is 1. The van der Waals surface area contributed by atoms with E-state index in [4.69, 9.17) is 9.15 Å². The fourth-order valence-corrected chi connectivity index (χ4v) is 3.62. The second-order valence-corrected chi connectivity index (χ2v) is 7.61. The molecule has 2 heterocycles. The SMILES string of the molecule is COC(=O)[C@H](Cc1ccc(C=CCc2nc(-c3ccccc3)oc2C)cc1)n1cccc1. The molecule has 2 aromatic heterocycles. The summed E-state index contributed by atoms with van der Waals surface area (Å²) in [6.07, 6.45) is 9.20. The monoisotopic (exact) mass is 426 g/mol. The van der Waals surface area contributed by atoms with E-state index in [2.05, 4.69) is 29.3 Å². The Labute approximate surface area is 188 Å². The third-order valence-corrected chi connectivity index (χ3v) is 5.40. The van der Waals surface area contributed by atoms with Crippen LogP contribution in [-0.2, 0) is 22.4 Å². The van der Waals surface area contributed by atoms with E-state index in [1.807, 2.05) is 78.5 Å². The first-order valence-corrected chi connectivity index (χ1v) is 10.6. The molecule has 5 heteroatoms. The molecular weight excluding hydrogens is 400 g/mol. The molecule has 1 atom stereocenters. The van der Waals surface area contributed by atoms with Crippen molar-refractivity contribution in [2.45, 2.75) is 25.8 Å². The van der Waals surface area contributed by atoms with Crippen LogP contribution in [0.1, 0.15) is 28.6 Å². The summed E-state index contributed by atoms with van der Waals surface area (Å²) in [5.74, 6) is 1.24. The lowest BCUT2D eigenvalue weighted by atomic mass is 10.0. The molecule has 0 aliphatic heterocycles. The van der Waals surface area contributed by atoms with Crippen molar-refractivity contribution in [2.75, 3.05) is 7.11 Å². The molecule has 0 saturated carbocycles. The average molecular weight is 427 g/mol. The van der Waals surface area contributed by atoms with Crippen LogP contribution in [0.15, 0.2) is 89.6 Å². The number of rotatable bonds is 8. The average Bonchev–Trinajstić information content (AvgIpc) is 3.49. The summed E-state index contributed by atoms with van der Waals surface area (Å²) < 4.78 is 12.7. The second kappa shape index (κ2) is 9.96. The Morgan fingerprint density at radius 2 is 1.78 bits per heavy atom. The molecule has 4 rings (SSSR count). The molecule has 0 aliphatic carbocycles. The predicted molar refractivity (Wildman–Crippen MR) is 125 cm³/mol. The van der Waals surface area contributed by atoms with Gasteiger partial charge in [0, 0.05) is 30.8 Å². The number of carbonyl (C=O) groups excluding carboxylic acids is 1. The first kappa shape index (κ1) is 21.4. The molecule has 2 aromatic carbocycles. The largest absolute Gasteiger partial charge is 0.467 e. The van der Waals surface area contributed by atoms with Gasteiger partial charge in [-0.05, 0) is 42.3 Å². The van der Waals surface area contributed by atoms with Crippen molar-refractivity contribution in [1.82, 2.24) is 9.55 Å². The third-order valence-electron chi connectivity index (χ3n) is 5.40. The van der Waals surface area contributed by atoms with E-state index in [9.17, 15) is 4.79 Å². The number of aromatic nitrogens is 2. The number of esters is 1. The summed E-state index contributed by atoms with van der Waals surface area (Å²) in [4.78, 5) is 16.9. The zero-order valence-corrected chi connectivity index (χ0v) is 18.3. The maximum atomic E-state index is 12.2. The number of nitrogens with zero attached hydrogens (tertiary/aromatic N) is 2. The van der Waals surface area contributed by atoms with Crippen LogP contribution in [-0.4, -0.2) is 22.6 Å². The van der Waals surface area contributed by atoms with Crippen molar-refractivity contribution in [1.29, 1.82) is 0 Å². The van der Waals surface area contributed by atoms with Crippen LogP contribution in [0.25, 0.3) is 17.5 Å². The normalized spacial score (nSPS) is 12.2. The highest BCUT2D eigenvalue weighted by atomic mass is 16.5. The molecule has 0 bridgehead atoms. The number of ether oxygens (including phenoxy) is 1. The summed E-state index contributed by atoms with van der Waals surface area (Å²) >= 11 is 0. The maximum absolute atomic E-state index is 12.2. The van der Waals surface area contributed by atoms with E-state index in [1.165, 1.54) is 7.11 Å². The molecule has 32 heavy (non-hydrogen) atoms. The minimum atomic E-state index is -0.370. The predicted octanol–water partition coefficient (Wildman–Crippen LogP) is 5.66. The lowest BCUT2D eigenvalue weighted by molar-refractivity contribution is -0.144. The van der Waals surface area contributed by atoms with E-state index in [0.717, 1.165) is 28.1 Å². The molecule has 0 aliphatic rings.